The van der Waals surface area contributed by atoms with E-state index < -0.39 is 43.4 Å². The maximum atomic E-state index is 12.8. The highest BCUT2D eigenvalue weighted by Gasteiger charge is 2.44. The minimum absolute atomic E-state index is 0.00544. The quantitative estimate of drug-likeness (QED) is 0.0439. The Labute approximate surface area is 294 Å². The average molecular weight is 688 g/mol. The van der Waals surface area contributed by atoms with Gasteiger partial charge in [-0.25, -0.2) is 0 Å². The molecule has 0 bridgehead atoms. The van der Waals surface area contributed by atoms with E-state index in [2.05, 4.69) is 19.2 Å². The minimum Gasteiger partial charge on any atom is -0.394 e. The standard InChI is InChI=1S/C39H77NO8/c1-3-5-7-9-11-13-15-17-18-20-22-24-26-28-35(42)40-33(32-47-39-38(45)37(44)36(43)34(30-41)48-39)31-46-29-27-25-23-21-19-16-14-12-10-8-6-4-2/h33-34,36-39,41,43-45H,3-32H2,1-2H3,(H,40,42)/t33-,34-,36+,37+,38-,39-/m1/s1. The molecule has 0 aliphatic carbocycles. The molecular weight excluding hydrogens is 610 g/mol. The van der Waals surface area contributed by atoms with Crippen LogP contribution < -0.4 is 5.32 Å². The van der Waals surface area contributed by atoms with E-state index in [0.29, 0.717) is 13.0 Å². The molecule has 0 saturated carbocycles. The number of nitrogens with one attached hydrogen (secondary N) is 1. The van der Waals surface area contributed by atoms with Crippen molar-refractivity contribution in [2.24, 2.45) is 0 Å². The van der Waals surface area contributed by atoms with E-state index in [9.17, 15) is 25.2 Å². The number of unbranched alkanes of at least 4 members (excludes halogenated alkanes) is 23. The Balaban J connectivity index is 2.30. The van der Waals surface area contributed by atoms with Crippen LogP contribution in [0.5, 0.6) is 0 Å². The molecule has 9 heteroatoms. The van der Waals surface area contributed by atoms with E-state index >= 15 is 0 Å². The lowest BCUT2D eigenvalue weighted by molar-refractivity contribution is -0.302. The van der Waals surface area contributed by atoms with Crippen LogP contribution in [0.25, 0.3) is 0 Å². The summed E-state index contributed by atoms with van der Waals surface area (Å²) < 4.78 is 17.2. The van der Waals surface area contributed by atoms with Gasteiger partial charge < -0.3 is 40.0 Å². The van der Waals surface area contributed by atoms with Gasteiger partial charge in [0.15, 0.2) is 6.29 Å². The number of ether oxygens (including phenoxy) is 3. The molecule has 0 aromatic rings. The van der Waals surface area contributed by atoms with Gasteiger partial charge in [0.05, 0.1) is 25.9 Å². The molecule has 9 nitrogen and oxygen atoms in total. The van der Waals surface area contributed by atoms with E-state index in [0.717, 1.165) is 32.1 Å². The van der Waals surface area contributed by atoms with Crippen LogP contribution in [0.15, 0.2) is 0 Å². The Bertz CT molecular complexity index is 711. The smallest absolute Gasteiger partial charge is 0.220 e. The number of aliphatic hydroxyl groups is 4. The Morgan fingerprint density at radius 2 is 1.04 bits per heavy atom. The number of aliphatic hydroxyl groups excluding tert-OH is 4. The van der Waals surface area contributed by atoms with Crippen molar-refractivity contribution in [1.82, 2.24) is 5.32 Å². The highest BCUT2D eigenvalue weighted by Crippen LogP contribution is 2.22. The molecule has 286 valence electrons. The second-order valence-electron chi connectivity index (χ2n) is 14.3. The topological polar surface area (TPSA) is 138 Å². The summed E-state index contributed by atoms with van der Waals surface area (Å²) in [6.07, 6.45) is 25.3. The Morgan fingerprint density at radius 3 is 1.50 bits per heavy atom. The van der Waals surface area contributed by atoms with E-state index in [1.54, 1.807) is 0 Å². The summed E-state index contributed by atoms with van der Waals surface area (Å²) in [7, 11) is 0. The van der Waals surface area contributed by atoms with E-state index in [4.69, 9.17) is 14.2 Å². The lowest BCUT2D eigenvalue weighted by Crippen LogP contribution is -2.59. The maximum Gasteiger partial charge on any atom is 0.220 e. The first-order valence-electron chi connectivity index (χ1n) is 20.2. The molecule has 0 unspecified atom stereocenters. The van der Waals surface area contributed by atoms with Crippen molar-refractivity contribution in [3.63, 3.8) is 0 Å². The summed E-state index contributed by atoms with van der Waals surface area (Å²) >= 11 is 0. The minimum atomic E-state index is -1.51. The van der Waals surface area contributed by atoms with Crippen molar-refractivity contribution < 1.29 is 39.4 Å². The SMILES string of the molecule is CCCCCCCCCCCCCCCC(=O)N[C@H](COCCCCCCCCCCCCCC)CO[C@@H]1O[C@H](CO)[C@H](O)[C@H](O)[C@H]1O. The summed E-state index contributed by atoms with van der Waals surface area (Å²) in [6.45, 7) is 4.86. The molecule has 48 heavy (non-hydrogen) atoms. The Kier molecular flexibility index (Phi) is 30.3. The van der Waals surface area contributed by atoms with Gasteiger partial charge in [-0.15, -0.1) is 0 Å². The Hall–Kier alpha value is -0.810. The fourth-order valence-corrected chi connectivity index (χ4v) is 6.42. The third kappa shape index (κ3) is 23.6. The fourth-order valence-electron chi connectivity index (χ4n) is 6.42. The summed E-state index contributed by atoms with van der Waals surface area (Å²) in [6, 6.07) is -0.454. The zero-order valence-corrected chi connectivity index (χ0v) is 31.1. The van der Waals surface area contributed by atoms with Crippen molar-refractivity contribution in [1.29, 1.82) is 0 Å². The molecule has 1 fully saturated rings. The molecule has 1 rings (SSSR count). The van der Waals surface area contributed by atoms with Crippen molar-refractivity contribution in [2.45, 2.75) is 218 Å². The van der Waals surface area contributed by atoms with Crippen LogP contribution in [-0.2, 0) is 19.0 Å². The van der Waals surface area contributed by atoms with E-state index in [1.165, 1.54) is 128 Å². The number of carbonyl (C=O) groups is 1. The second kappa shape index (κ2) is 32.1. The molecule has 0 aromatic carbocycles. The first-order valence-corrected chi connectivity index (χ1v) is 20.2. The van der Waals surface area contributed by atoms with Crippen LogP contribution in [0.2, 0.25) is 0 Å². The fraction of sp³-hybridized carbons (Fsp3) is 0.974. The van der Waals surface area contributed by atoms with Crippen molar-refractivity contribution in [2.75, 3.05) is 26.4 Å². The largest absolute Gasteiger partial charge is 0.394 e. The van der Waals surface area contributed by atoms with Gasteiger partial charge in [0.1, 0.15) is 24.4 Å². The predicted octanol–water partition coefficient (Wildman–Crippen LogP) is 7.49. The Morgan fingerprint density at radius 1 is 0.604 bits per heavy atom. The van der Waals surface area contributed by atoms with Crippen molar-refractivity contribution in [3.05, 3.63) is 0 Å². The van der Waals surface area contributed by atoms with E-state index in [1.807, 2.05) is 0 Å². The molecule has 5 N–H and O–H groups in total. The molecule has 1 saturated heterocycles. The molecule has 0 spiro atoms. The summed E-state index contributed by atoms with van der Waals surface area (Å²) in [4.78, 5) is 12.8. The summed E-state index contributed by atoms with van der Waals surface area (Å²) in [5.74, 6) is -0.0607. The predicted molar refractivity (Wildman–Crippen MR) is 194 cm³/mol. The zero-order chi connectivity index (χ0) is 35.1. The van der Waals surface area contributed by atoms with Gasteiger partial charge in [0, 0.05) is 13.0 Å². The van der Waals surface area contributed by atoms with Crippen LogP contribution in [0.4, 0.5) is 0 Å². The van der Waals surface area contributed by atoms with E-state index in [-0.39, 0.29) is 19.1 Å². The lowest BCUT2D eigenvalue weighted by atomic mass is 9.99. The van der Waals surface area contributed by atoms with Gasteiger partial charge in [-0.05, 0) is 12.8 Å². The first kappa shape index (κ1) is 45.2. The molecule has 0 aromatic heterocycles. The number of amides is 1. The van der Waals surface area contributed by atoms with Gasteiger partial charge in [-0.3, -0.25) is 4.79 Å². The van der Waals surface area contributed by atoms with Gasteiger partial charge in [-0.2, -0.15) is 0 Å². The molecule has 0 radical (unpaired) electrons. The molecule has 1 amide bonds. The molecule has 1 heterocycles. The van der Waals surface area contributed by atoms with Gasteiger partial charge in [0.2, 0.25) is 5.91 Å². The third-order valence-electron chi connectivity index (χ3n) is 9.64. The highest BCUT2D eigenvalue weighted by atomic mass is 16.7. The summed E-state index contributed by atoms with van der Waals surface area (Å²) in [5.41, 5.74) is 0. The lowest BCUT2D eigenvalue weighted by Gasteiger charge is -2.40. The monoisotopic (exact) mass is 688 g/mol. The average Bonchev–Trinajstić information content (AvgIpc) is 3.08. The second-order valence-corrected chi connectivity index (χ2v) is 14.3. The van der Waals surface area contributed by atoms with Gasteiger partial charge in [0.25, 0.3) is 0 Å². The molecule has 1 aliphatic heterocycles. The van der Waals surface area contributed by atoms with Crippen LogP contribution >= 0.6 is 0 Å². The normalized spacial score (nSPS) is 21.8. The zero-order valence-electron chi connectivity index (χ0n) is 31.1. The summed E-state index contributed by atoms with van der Waals surface area (Å²) in [5, 5.41) is 43.0. The number of carbonyl (C=O) groups excluding carboxylic acids is 1. The van der Waals surface area contributed by atoms with Crippen LogP contribution in [0, 0.1) is 0 Å². The van der Waals surface area contributed by atoms with Gasteiger partial charge >= 0.3 is 0 Å². The molecule has 6 atom stereocenters. The van der Waals surface area contributed by atoms with Crippen molar-refractivity contribution in [3.8, 4) is 0 Å². The van der Waals surface area contributed by atoms with Crippen molar-refractivity contribution >= 4 is 5.91 Å². The molecule has 1 aliphatic rings. The highest BCUT2D eigenvalue weighted by molar-refractivity contribution is 5.76. The van der Waals surface area contributed by atoms with Crippen LogP contribution in [-0.4, -0.2) is 89.5 Å². The van der Waals surface area contributed by atoms with Gasteiger partial charge in [-0.1, -0.05) is 162 Å². The van der Waals surface area contributed by atoms with Crippen LogP contribution in [0.3, 0.4) is 0 Å². The number of hydrogen-bond acceptors (Lipinski definition) is 8. The number of hydrogen-bond donors (Lipinski definition) is 5. The molecular formula is C39H77NO8. The third-order valence-corrected chi connectivity index (χ3v) is 9.64. The first-order chi connectivity index (χ1) is 23.4. The van der Waals surface area contributed by atoms with Crippen LogP contribution in [0.1, 0.15) is 181 Å². The number of rotatable bonds is 34. The maximum absolute atomic E-state index is 12.8.